The SMILES string of the molecule is CC1(C)CSCC(CO)(NCC2CC2)C1. The molecule has 1 unspecified atom stereocenters. The second kappa shape index (κ2) is 4.27. The van der Waals surface area contributed by atoms with Gasteiger partial charge in [-0.2, -0.15) is 11.8 Å². The summed E-state index contributed by atoms with van der Waals surface area (Å²) >= 11 is 1.98. The largest absolute Gasteiger partial charge is 0.394 e. The summed E-state index contributed by atoms with van der Waals surface area (Å²) in [5.41, 5.74) is 0.358. The Bertz CT molecular complexity index is 228. The van der Waals surface area contributed by atoms with Crippen LogP contribution >= 0.6 is 11.8 Å². The van der Waals surface area contributed by atoms with Crippen molar-refractivity contribution in [3.05, 3.63) is 0 Å². The predicted octanol–water partition coefficient (Wildman–Crippen LogP) is 1.88. The number of hydrogen-bond donors (Lipinski definition) is 2. The van der Waals surface area contributed by atoms with Gasteiger partial charge in [-0.1, -0.05) is 13.8 Å². The molecule has 2 rings (SSSR count). The fourth-order valence-corrected chi connectivity index (χ4v) is 3.94. The molecule has 1 aliphatic heterocycles. The summed E-state index contributed by atoms with van der Waals surface area (Å²) in [7, 11) is 0. The summed E-state index contributed by atoms with van der Waals surface area (Å²) in [4.78, 5) is 0. The molecule has 0 amide bonds. The van der Waals surface area contributed by atoms with Crippen LogP contribution < -0.4 is 5.32 Å². The maximum Gasteiger partial charge on any atom is 0.0621 e. The lowest BCUT2D eigenvalue weighted by molar-refractivity contribution is 0.127. The maximum absolute atomic E-state index is 9.63. The van der Waals surface area contributed by atoms with Crippen LogP contribution in [0.2, 0.25) is 0 Å². The Morgan fingerprint density at radius 2 is 2.07 bits per heavy atom. The lowest BCUT2D eigenvalue weighted by Crippen LogP contribution is -2.56. The van der Waals surface area contributed by atoms with Gasteiger partial charge in [-0.15, -0.1) is 0 Å². The van der Waals surface area contributed by atoms with E-state index in [0.717, 1.165) is 24.6 Å². The van der Waals surface area contributed by atoms with E-state index in [1.807, 2.05) is 11.8 Å². The monoisotopic (exact) mass is 229 g/mol. The van der Waals surface area contributed by atoms with E-state index < -0.39 is 0 Å². The molecule has 0 aromatic carbocycles. The van der Waals surface area contributed by atoms with Crippen LogP contribution in [0.3, 0.4) is 0 Å². The number of rotatable bonds is 4. The number of aliphatic hydroxyl groups is 1. The normalized spacial score (nSPS) is 35.4. The van der Waals surface area contributed by atoms with Gasteiger partial charge in [0.1, 0.15) is 0 Å². The van der Waals surface area contributed by atoms with Crippen LogP contribution in [0.25, 0.3) is 0 Å². The minimum Gasteiger partial charge on any atom is -0.394 e. The molecular weight excluding hydrogens is 206 g/mol. The lowest BCUT2D eigenvalue weighted by Gasteiger charge is -2.44. The van der Waals surface area contributed by atoms with Crippen LogP contribution in [0.4, 0.5) is 0 Å². The number of nitrogens with one attached hydrogen (secondary N) is 1. The van der Waals surface area contributed by atoms with Gasteiger partial charge in [0.25, 0.3) is 0 Å². The molecule has 1 atom stereocenters. The van der Waals surface area contributed by atoms with Gasteiger partial charge >= 0.3 is 0 Å². The molecule has 2 N–H and O–H groups in total. The Hall–Kier alpha value is 0.270. The van der Waals surface area contributed by atoms with Gasteiger partial charge in [-0.05, 0) is 42.9 Å². The minimum absolute atomic E-state index is 0.00495. The number of aliphatic hydroxyl groups excluding tert-OH is 1. The van der Waals surface area contributed by atoms with Crippen molar-refractivity contribution in [3.8, 4) is 0 Å². The van der Waals surface area contributed by atoms with Crippen molar-refractivity contribution in [2.24, 2.45) is 11.3 Å². The van der Waals surface area contributed by atoms with Crippen molar-refractivity contribution in [1.29, 1.82) is 0 Å². The molecule has 1 heterocycles. The highest BCUT2D eigenvalue weighted by Gasteiger charge is 2.40. The molecule has 15 heavy (non-hydrogen) atoms. The fraction of sp³-hybridized carbons (Fsp3) is 1.00. The fourth-order valence-electron chi connectivity index (χ4n) is 2.49. The van der Waals surface area contributed by atoms with E-state index in [1.54, 1.807) is 0 Å². The first kappa shape index (κ1) is 11.7. The van der Waals surface area contributed by atoms with Crippen LogP contribution in [0.1, 0.15) is 33.1 Å². The molecular formula is C12H23NOS. The first-order valence-corrected chi connectivity index (χ1v) is 7.14. The van der Waals surface area contributed by atoms with Gasteiger partial charge in [0.05, 0.1) is 12.1 Å². The maximum atomic E-state index is 9.63. The van der Waals surface area contributed by atoms with Gasteiger partial charge in [-0.25, -0.2) is 0 Å². The summed E-state index contributed by atoms with van der Waals surface area (Å²) < 4.78 is 0. The Kier molecular flexibility index (Phi) is 3.34. The molecule has 0 aromatic heterocycles. The van der Waals surface area contributed by atoms with Gasteiger partial charge in [0.15, 0.2) is 0 Å². The van der Waals surface area contributed by atoms with E-state index in [1.165, 1.54) is 18.6 Å². The molecule has 0 spiro atoms. The third-order valence-corrected chi connectivity index (χ3v) is 5.20. The van der Waals surface area contributed by atoms with Crippen molar-refractivity contribution in [2.45, 2.75) is 38.6 Å². The average Bonchev–Trinajstić information content (AvgIpc) is 2.97. The van der Waals surface area contributed by atoms with Crippen molar-refractivity contribution in [3.63, 3.8) is 0 Å². The number of hydrogen-bond acceptors (Lipinski definition) is 3. The highest BCUT2D eigenvalue weighted by atomic mass is 32.2. The third kappa shape index (κ3) is 3.11. The molecule has 3 heteroatoms. The zero-order valence-electron chi connectivity index (χ0n) is 9.88. The first-order chi connectivity index (χ1) is 7.05. The van der Waals surface area contributed by atoms with E-state index in [2.05, 4.69) is 19.2 Å². The topological polar surface area (TPSA) is 32.3 Å². The molecule has 2 nitrogen and oxygen atoms in total. The average molecular weight is 229 g/mol. The molecule has 2 aliphatic rings. The van der Waals surface area contributed by atoms with E-state index >= 15 is 0 Å². The smallest absolute Gasteiger partial charge is 0.0621 e. The predicted molar refractivity (Wildman–Crippen MR) is 66.3 cm³/mol. The van der Waals surface area contributed by atoms with Crippen molar-refractivity contribution < 1.29 is 5.11 Å². The quantitative estimate of drug-likeness (QED) is 0.772. The highest BCUT2D eigenvalue weighted by Crippen LogP contribution is 2.39. The zero-order valence-corrected chi connectivity index (χ0v) is 10.7. The summed E-state index contributed by atoms with van der Waals surface area (Å²) in [6.45, 7) is 6.01. The molecule has 0 aromatic rings. The van der Waals surface area contributed by atoms with Crippen molar-refractivity contribution >= 4 is 11.8 Å². The molecule has 2 fully saturated rings. The third-order valence-electron chi connectivity index (χ3n) is 3.45. The van der Waals surface area contributed by atoms with Crippen molar-refractivity contribution in [1.82, 2.24) is 5.32 Å². The van der Waals surface area contributed by atoms with Crippen LogP contribution in [0.5, 0.6) is 0 Å². The Labute approximate surface area is 97.2 Å². The molecule has 1 saturated carbocycles. The van der Waals surface area contributed by atoms with Gasteiger partial charge in [-0.3, -0.25) is 0 Å². The van der Waals surface area contributed by atoms with Gasteiger partial charge in [0.2, 0.25) is 0 Å². The number of thioether (sulfide) groups is 1. The molecule has 1 aliphatic carbocycles. The van der Waals surface area contributed by atoms with E-state index in [0.29, 0.717) is 5.41 Å². The summed E-state index contributed by atoms with van der Waals surface area (Å²) in [5.74, 6) is 3.18. The Morgan fingerprint density at radius 3 is 2.60 bits per heavy atom. The molecule has 1 saturated heterocycles. The standard InChI is InChI=1S/C12H23NOS/c1-11(2)6-12(7-14,9-15-8-11)13-5-10-3-4-10/h10,13-14H,3-9H2,1-2H3. The first-order valence-electron chi connectivity index (χ1n) is 5.99. The van der Waals surface area contributed by atoms with Crippen molar-refractivity contribution in [2.75, 3.05) is 24.7 Å². The van der Waals surface area contributed by atoms with Gasteiger partial charge < -0.3 is 10.4 Å². The lowest BCUT2D eigenvalue weighted by atomic mass is 9.80. The van der Waals surface area contributed by atoms with E-state index in [-0.39, 0.29) is 12.1 Å². The summed E-state index contributed by atoms with van der Waals surface area (Å²) in [5, 5.41) is 13.3. The van der Waals surface area contributed by atoms with Crippen LogP contribution in [-0.2, 0) is 0 Å². The summed E-state index contributed by atoms with van der Waals surface area (Å²) in [6, 6.07) is 0. The van der Waals surface area contributed by atoms with E-state index in [4.69, 9.17) is 0 Å². The Balaban J connectivity index is 1.92. The van der Waals surface area contributed by atoms with E-state index in [9.17, 15) is 5.11 Å². The highest BCUT2D eigenvalue weighted by molar-refractivity contribution is 7.99. The van der Waals surface area contributed by atoms with Crippen LogP contribution in [-0.4, -0.2) is 35.3 Å². The molecule has 0 bridgehead atoms. The second-order valence-electron chi connectivity index (χ2n) is 6.10. The zero-order chi connectivity index (χ0) is 10.9. The Morgan fingerprint density at radius 1 is 1.33 bits per heavy atom. The summed E-state index contributed by atoms with van der Waals surface area (Å²) in [6.07, 6.45) is 3.87. The minimum atomic E-state index is -0.00495. The second-order valence-corrected chi connectivity index (χ2v) is 7.08. The van der Waals surface area contributed by atoms with Gasteiger partial charge in [0, 0.05) is 5.75 Å². The molecule has 88 valence electrons. The van der Waals surface area contributed by atoms with Crippen LogP contribution in [0, 0.1) is 11.3 Å². The van der Waals surface area contributed by atoms with Crippen LogP contribution in [0.15, 0.2) is 0 Å². The molecule has 0 radical (unpaired) electrons.